The molecule has 3 rings (SSSR count). The lowest BCUT2D eigenvalue weighted by molar-refractivity contribution is -0.137. The number of nitrogens with one attached hydrogen (secondary N) is 1. The van der Waals surface area contributed by atoms with Gasteiger partial charge >= 0.3 is 6.18 Å². The van der Waals surface area contributed by atoms with Crippen LogP contribution in [-0.2, 0) is 6.18 Å². The summed E-state index contributed by atoms with van der Waals surface area (Å²) in [6.45, 7) is 3.59. The summed E-state index contributed by atoms with van der Waals surface area (Å²) in [4.78, 5) is 17.0. The quantitative estimate of drug-likeness (QED) is 0.444. The summed E-state index contributed by atoms with van der Waals surface area (Å²) in [5.41, 5.74) is -0.940. The molecule has 124 valence electrons. The van der Waals surface area contributed by atoms with Crippen LogP contribution in [0.15, 0.2) is 53.1 Å². The second kappa shape index (κ2) is 6.16. The molecule has 0 saturated heterocycles. The van der Waals surface area contributed by atoms with Gasteiger partial charge in [-0.25, -0.2) is 4.98 Å². The fourth-order valence-electron chi connectivity index (χ4n) is 2.15. The lowest BCUT2D eigenvalue weighted by atomic mass is 10.2. The number of aromatic amines is 1. The van der Waals surface area contributed by atoms with E-state index in [9.17, 15) is 18.0 Å². The number of nitrogens with zero attached hydrogens (tertiary/aromatic N) is 3. The van der Waals surface area contributed by atoms with Crippen LogP contribution in [0.2, 0.25) is 0 Å². The Balaban J connectivity index is 2.26. The van der Waals surface area contributed by atoms with E-state index in [4.69, 9.17) is 0 Å². The van der Waals surface area contributed by atoms with E-state index in [0.717, 1.165) is 16.7 Å². The Morgan fingerprint density at radius 3 is 2.88 bits per heavy atom. The van der Waals surface area contributed by atoms with Crippen LogP contribution in [0.1, 0.15) is 5.56 Å². The molecule has 3 aromatic rings. The van der Waals surface area contributed by atoms with Crippen molar-refractivity contribution in [2.45, 2.75) is 11.3 Å². The molecule has 5 nitrogen and oxygen atoms in total. The first-order chi connectivity index (χ1) is 11.4. The molecule has 0 aliphatic carbocycles. The molecule has 9 heteroatoms. The highest BCUT2D eigenvalue weighted by Gasteiger charge is 2.30. The zero-order valence-electron chi connectivity index (χ0n) is 12.2. The number of rotatable bonds is 4. The highest BCUT2D eigenvalue weighted by molar-refractivity contribution is 7.99. The minimum Gasteiger partial charge on any atom is -0.268 e. The molecule has 2 heterocycles. The number of alkyl halides is 3. The molecule has 0 aliphatic heterocycles. The van der Waals surface area contributed by atoms with Gasteiger partial charge in [-0.2, -0.15) is 18.3 Å². The summed E-state index contributed by atoms with van der Waals surface area (Å²) >= 11 is 1.19. The fourth-order valence-corrected chi connectivity index (χ4v) is 2.89. The van der Waals surface area contributed by atoms with E-state index in [1.807, 2.05) is 0 Å². The molecule has 0 unspecified atom stereocenters. The zero-order valence-corrected chi connectivity index (χ0v) is 13.0. The summed E-state index contributed by atoms with van der Waals surface area (Å²) in [6.07, 6.45) is -1.58. The summed E-state index contributed by atoms with van der Waals surface area (Å²) in [5, 5.41) is 6.83. The van der Waals surface area contributed by atoms with Gasteiger partial charge in [-0.15, -0.1) is 6.58 Å². The van der Waals surface area contributed by atoms with Gasteiger partial charge < -0.3 is 0 Å². The number of benzene rings is 1. The second-order valence-corrected chi connectivity index (χ2v) is 5.80. The number of hydrogen-bond donors (Lipinski definition) is 1. The molecule has 0 bridgehead atoms. The van der Waals surface area contributed by atoms with Crippen LogP contribution in [-0.4, -0.2) is 25.5 Å². The summed E-state index contributed by atoms with van der Waals surface area (Å²) < 4.78 is 40.0. The molecular formula is C15H11F3N4OS. The average molecular weight is 352 g/mol. The SMILES string of the molecule is C=CCSc1nc2[nH]ncc2c(=O)n1-c1cccc(C(F)(F)F)c1. The van der Waals surface area contributed by atoms with E-state index in [2.05, 4.69) is 21.8 Å². The van der Waals surface area contributed by atoms with Crippen LogP contribution in [0.3, 0.4) is 0 Å². The Labute approximate surface area is 138 Å². The summed E-state index contributed by atoms with van der Waals surface area (Å²) in [6, 6.07) is 4.57. The maximum absolute atomic E-state index is 13.0. The van der Waals surface area contributed by atoms with Crippen LogP contribution in [0.5, 0.6) is 0 Å². The molecule has 1 N–H and O–H groups in total. The van der Waals surface area contributed by atoms with Crippen LogP contribution in [0, 0.1) is 0 Å². The number of aromatic nitrogens is 4. The Hall–Kier alpha value is -2.55. The summed E-state index contributed by atoms with van der Waals surface area (Å²) in [5.74, 6) is 0.449. The normalized spacial score (nSPS) is 11.8. The predicted molar refractivity (Wildman–Crippen MR) is 85.4 cm³/mol. The summed E-state index contributed by atoms with van der Waals surface area (Å²) in [7, 11) is 0. The zero-order chi connectivity index (χ0) is 17.3. The highest BCUT2D eigenvalue weighted by Crippen LogP contribution is 2.31. The van der Waals surface area contributed by atoms with Gasteiger partial charge in [-0.3, -0.25) is 14.5 Å². The topological polar surface area (TPSA) is 63.6 Å². The predicted octanol–water partition coefficient (Wildman–Crippen LogP) is 3.41. The van der Waals surface area contributed by atoms with Crippen molar-refractivity contribution < 1.29 is 13.2 Å². The molecule has 0 amide bonds. The fraction of sp³-hybridized carbons (Fsp3) is 0.133. The first-order valence-electron chi connectivity index (χ1n) is 6.79. The number of hydrogen-bond acceptors (Lipinski definition) is 4. The molecule has 0 spiro atoms. The largest absolute Gasteiger partial charge is 0.416 e. The van der Waals surface area contributed by atoms with Gasteiger partial charge in [0, 0.05) is 5.75 Å². The van der Waals surface area contributed by atoms with Gasteiger partial charge in [-0.1, -0.05) is 23.9 Å². The molecule has 24 heavy (non-hydrogen) atoms. The minimum atomic E-state index is -4.50. The lowest BCUT2D eigenvalue weighted by Gasteiger charge is -2.13. The highest BCUT2D eigenvalue weighted by atomic mass is 32.2. The van der Waals surface area contributed by atoms with Crippen LogP contribution in [0.4, 0.5) is 13.2 Å². The Bertz CT molecular complexity index is 961. The van der Waals surface area contributed by atoms with Crippen molar-refractivity contribution >= 4 is 22.8 Å². The molecule has 0 saturated carbocycles. The van der Waals surface area contributed by atoms with Gasteiger partial charge in [0.1, 0.15) is 5.39 Å². The maximum Gasteiger partial charge on any atom is 0.416 e. The van der Waals surface area contributed by atoms with Crippen molar-refractivity contribution in [2.75, 3.05) is 5.75 Å². The van der Waals surface area contributed by atoms with E-state index in [1.54, 1.807) is 6.08 Å². The number of H-pyrrole nitrogens is 1. The number of halogens is 3. The minimum absolute atomic E-state index is 0.0944. The van der Waals surface area contributed by atoms with Gasteiger partial charge in [-0.05, 0) is 18.2 Å². The van der Waals surface area contributed by atoms with Crippen LogP contribution in [0.25, 0.3) is 16.7 Å². The average Bonchev–Trinajstić information content (AvgIpc) is 3.01. The van der Waals surface area contributed by atoms with E-state index in [-0.39, 0.29) is 21.9 Å². The first kappa shape index (κ1) is 16.3. The molecule has 1 aromatic carbocycles. The third kappa shape index (κ3) is 2.94. The molecule has 0 atom stereocenters. The van der Waals surface area contributed by atoms with Gasteiger partial charge in [0.25, 0.3) is 5.56 Å². The van der Waals surface area contributed by atoms with Gasteiger partial charge in [0.15, 0.2) is 10.8 Å². The number of fused-ring (bicyclic) bond motifs is 1. The molecule has 0 aliphatic rings. The molecular weight excluding hydrogens is 341 g/mol. The first-order valence-corrected chi connectivity index (χ1v) is 7.78. The Morgan fingerprint density at radius 2 is 2.17 bits per heavy atom. The standard InChI is InChI=1S/C15H11F3N4OS/c1-2-6-24-14-20-12-11(8-19-21-12)13(23)22(14)10-5-3-4-9(7-10)15(16,17)18/h2-5,7-8H,1,6H2,(H,19,21). The Kier molecular flexibility index (Phi) is 4.18. The molecule has 0 radical (unpaired) electrons. The van der Waals surface area contributed by atoms with E-state index in [1.165, 1.54) is 30.1 Å². The van der Waals surface area contributed by atoms with Crippen molar-refractivity contribution in [3.05, 3.63) is 59.0 Å². The van der Waals surface area contributed by atoms with Crippen LogP contribution >= 0.6 is 11.8 Å². The number of thioether (sulfide) groups is 1. The molecule has 0 fully saturated rings. The second-order valence-electron chi connectivity index (χ2n) is 4.81. The van der Waals surface area contributed by atoms with Gasteiger partial charge in [0.2, 0.25) is 0 Å². The van der Waals surface area contributed by atoms with Crippen LogP contribution < -0.4 is 5.56 Å². The maximum atomic E-state index is 13.0. The van der Waals surface area contributed by atoms with Gasteiger partial charge in [0.05, 0.1) is 17.4 Å². The lowest BCUT2D eigenvalue weighted by Crippen LogP contribution is -2.22. The van der Waals surface area contributed by atoms with E-state index in [0.29, 0.717) is 5.75 Å². The smallest absolute Gasteiger partial charge is 0.268 e. The monoisotopic (exact) mass is 352 g/mol. The Morgan fingerprint density at radius 1 is 1.38 bits per heavy atom. The van der Waals surface area contributed by atoms with Crippen molar-refractivity contribution in [3.63, 3.8) is 0 Å². The van der Waals surface area contributed by atoms with E-state index < -0.39 is 17.3 Å². The molecule has 2 aromatic heterocycles. The third-order valence-corrected chi connectivity index (χ3v) is 4.15. The van der Waals surface area contributed by atoms with Crippen molar-refractivity contribution in [2.24, 2.45) is 0 Å². The van der Waals surface area contributed by atoms with Crippen molar-refractivity contribution in [1.82, 2.24) is 19.7 Å². The third-order valence-electron chi connectivity index (χ3n) is 3.21. The van der Waals surface area contributed by atoms with Crippen molar-refractivity contribution in [3.8, 4) is 5.69 Å². The van der Waals surface area contributed by atoms with E-state index >= 15 is 0 Å². The van der Waals surface area contributed by atoms with Crippen molar-refractivity contribution in [1.29, 1.82) is 0 Å².